The van der Waals surface area contributed by atoms with Gasteiger partial charge >= 0.3 is 0 Å². The lowest BCUT2D eigenvalue weighted by Crippen LogP contribution is -1.99. The number of aromatic nitrogens is 2. The van der Waals surface area contributed by atoms with Gasteiger partial charge in [-0.05, 0) is 25.7 Å². The first-order valence-electron chi connectivity index (χ1n) is 5.81. The molecule has 0 aliphatic heterocycles. The zero-order chi connectivity index (χ0) is 11.4. The Labute approximate surface area is 92.1 Å². The van der Waals surface area contributed by atoms with Crippen molar-refractivity contribution in [2.75, 3.05) is 0 Å². The molecule has 1 aromatic heterocycles. The molecule has 0 radical (unpaired) electrons. The molecule has 15 heavy (non-hydrogen) atoms. The van der Waals surface area contributed by atoms with E-state index in [4.69, 9.17) is 0 Å². The lowest BCUT2D eigenvalue weighted by molar-refractivity contribution is 0.387. The fourth-order valence-electron chi connectivity index (χ4n) is 1.72. The van der Waals surface area contributed by atoms with Crippen LogP contribution in [-0.4, -0.2) is 14.9 Å². The van der Waals surface area contributed by atoms with Crippen LogP contribution in [0.3, 0.4) is 0 Å². The summed E-state index contributed by atoms with van der Waals surface area (Å²) >= 11 is 0. The predicted molar refractivity (Wildman–Crippen MR) is 62.1 cm³/mol. The topological polar surface area (TPSA) is 38.0 Å². The molecule has 0 aliphatic carbocycles. The van der Waals surface area contributed by atoms with Gasteiger partial charge in [-0.25, -0.2) is 4.68 Å². The summed E-state index contributed by atoms with van der Waals surface area (Å²) in [6.07, 6.45) is 3.09. The van der Waals surface area contributed by atoms with E-state index in [0.29, 0.717) is 11.8 Å². The van der Waals surface area contributed by atoms with Crippen LogP contribution in [0.15, 0.2) is 0 Å². The van der Waals surface area contributed by atoms with Crippen molar-refractivity contribution >= 4 is 0 Å². The number of unbranched alkanes of at least 4 members (excludes halogenated alkanes) is 1. The van der Waals surface area contributed by atoms with E-state index in [1.165, 1.54) is 0 Å². The van der Waals surface area contributed by atoms with Crippen molar-refractivity contribution in [3.8, 4) is 5.88 Å². The molecular formula is C12H22N2O. The van der Waals surface area contributed by atoms with Crippen LogP contribution in [-0.2, 0) is 13.0 Å². The molecule has 0 aliphatic rings. The van der Waals surface area contributed by atoms with Crippen LogP contribution in [0, 0.1) is 12.8 Å². The van der Waals surface area contributed by atoms with Crippen LogP contribution >= 0.6 is 0 Å². The van der Waals surface area contributed by atoms with Gasteiger partial charge < -0.3 is 5.11 Å². The van der Waals surface area contributed by atoms with E-state index >= 15 is 0 Å². The van der Waals surface area contributed by atoms with Gasteiger partial charge in [-0.2, -0.15) is 5.10 Å². The molecule has 1 heterocycles. The van der Waals surface area contributed by atoms with Gasteiger partial charge in [-0.1, -0.05) is 27.2 Å². The van der Waals surface area contributed by atoms with E-state index in [1.54, 1.807) is 4.68 Å². The molecule has 0 saturated carbocycles. The van der Waals surface area contributed by atoms with Crippen LogP contribution in [0.4, 0.5) is 0 Å². The smallest absolute Gasteiger partial charge is 0.212 e. The maximum Gasteiger partial charge on any atom is 0.212 e. The highest BCUT2D eigenvalue weighted by molar-refractivity contribution is 5.30. The van der Waals surface area contributed by atoms with Crippen LogP contribution < -0.4 is 0 Å². The molecule has 1 aromatic rings. The molecule has 86 valence electrons. The zero-order valence-corrected chi connectivity index (χ0v) is 10.2. The number of hydrogen-bond donors (Lipinski definition) is 1. The van der Waals surface area contributed by atoms with Crippen molar-refractivity contribution in [1.29, 1.82) is 0 Å². The fraction of sp³-hybridized carbons (Fsp3) is 0.750. The molecular weight excluding hydrogens is 188 g/mol. The molecule has 0 fully saturated rings. The third kappa shape index (κ3) is 2.98. The molecule has 0 saturated heterocycles. The quantitative estimate of drug-likeness (QED) is 0.811. The van der Waals surface area contributed by atoms with Gasteiger partial charge in [0.2, 0.25) is 5.88 Å². The second-order valence-corrected chi connectivity index (χ2v) is 4.56. The molecule has 1 rings (SSSR count). The Morgan fingerprint density at radius 2 is 2.07 bits per heavy atom. The molecule has 1 N–H and O–H groups in total. The molecule has 0 unspecified atom stereocenters. The first-order valence-corrected chi connectivity index (χ1v) is 5.81. The van der Waals surface area contributed by atoms with E-state index in [0.717, 1.165) is 37.1 Å². The van der Waals surface area contributed by atoms with Gasteiger partial charge in [-0.15, -0.1) is 0 Å². The van der Waals surface area contributed by atoms with Gasteiger partial charge in [0, 0.05) is 12.1 Å². The molecule has 0 spiro atoms. The zero-order valence-electron chi connectivity index (χ0n) is 10.2. The second-order valence-electron chi connectivity index (χ2n) is 4.56. The summed E-state index contributed by atoms with van der Waals surface area (Å²) < 4.78 is 1.73. The van der Waals surface area contributed by atoms with Gasteiger partial charge in [0.1, 0.15) is 0 Å². The number of hydrogen-bond acceptors (Lipinski definition) is 2. The highest BCUT2D eigenvalue weighted by Crippen LogP contribution is 2.24. The Morgan fingerprint density at radius 1 is 1.40 bits per heavy atom. The van der Waals surface area contributed by atoms with E-state index in [2.05, 4.69) is 25.9 Å². The van der Waals surface area contributed by atoms with Crippen LogP contribution in [0.2, 0.25) is 0 Å². The molecule has 3 heteroatoms. The minimum atomic E-state index is 0.370. The lowest BCUT2D eigenvalue weighted by Gasteiger charge is -2.05. The monoisotopic (exact) mass is 210 g/mol. The molecule has 0 atom stereocenters. The number of nitrogens with zero attached hydrogens (tertiary/aromatic N) is 2. The van der Waals surface area contributed by atoms with Crippen molar-refractivity contribution < 1.29 is 5.11 Å². The number of aryl methyl sites for hydroxylation is 2. The molecule has 0 bridgehead atoms. The standard InChI is InChI=1S/C12H22N2O/c1-5-6-7-14-12(15)11(8-9(2)3)10(4)13-14/h9,15H,5-8H2,1-4H3. The summed E-state index contributed by atoms with van der Waals surface area (Å²) in [4.78, 5) is 0. The van der Waals surface area contributed by atoms with Gasteiger partial charge in [0.05, 0.1) is 5.69 Å². The Hall–Kier alpha value is -0.990. The largest absolute Gasteiger partial charge is 0.493 e. The number of aromatic hydroxyl groups is 1. The van der Waals surface area contributed by atoms with E-state index in [-0.39, 0.29) is 0 Å². The Morgan fingerprint density at radius 3 is 2.60 bits per heavy atom. The van der Waals surface area contributed by atoms with Gasteiger partial charge in [0.25, 0.3) is 0 Å². The van der Waals surface area contributed by atoms with E-state index < -0.39 is 0 Å². The summed E-state index contributed by atoms with van der Waals surface area (Å²) in [6.45, 7) is 9.24. The summed E-state index contributed by atoms with van der Waals surface area (Å²) in [7, 11) is 0. The lowest BCUT2D eigenvalue weighted by atomic mass is 10.0. The second kappa shape index (κ2) is 5.19. The highest BCUT2D eigenvalue weighted by Gasteiger charge is 2.14. The SMILES string of the molecule is CCCCn1nc(C)c(CC(C)C)c1O. The summed E-state index contributed by atoms with van der Waals surface area (Å²) in [5.41, 5.74) is 1.98. The third-order valence-electron chi connectivity index (χ3n) is 2.56. The molecule has 3 nitrogen and oxygen atoms in total. The molecule has 0 aromatic carbocycles. The van der Waals surface area contributed by atoms with E-state index in [9.17, 15) is 5.11 Å². The van der Waals surface area contributed by atoms with Crippen LogP contribution in [0.25, 0.3) is 0 Å². The van der Waals surface area contributed by atoms with Crippen LogP contribution in [0.1, 0.15) is 44.9 Å². The normalized spacial score (nSPS) is 11.3. The minimum Gasteiger partial charge on any atom is -0.493 e. The van der Waals surface area contributed by atoms with E-state index in [1.807, 2.05) is 6.92 Å². The Kier molecular flexibility index (Phi) is 4.18. The third-order valence-corrected chi connectivity index (χ3v) is 2.56. The fourth-order valence-corrected chi connectivity index (χ4v) is 1.72. The van der Waals surface area contributed by atoms with Crippen molar-refractivity contribution in [3.63, 3.8) is 0 Å². The number of rotatable bonds is 5. The molecule has 0 amide bonds. The Bertz CT molecular complexity index is 316. The summed E-state index contributed by atoms with van der Waals surface area (Å²) in [5.74, 6) is 0.924. The first-order chi connectivity index (χ1) is 7.06. The highest BCUT2D eigenvalue weighted by atomic mass is 16.3. The summed E-state index contributed by atoms with van der Waals surface area (Å²) in [6, 6.07) is 0. The van der Waals surface area contributed by atoms with Crippen molar-refractivity contribution in [2.24, 2.45) is 5.92 Å². The maximum absolute atomic E-state index is 9.99. The predicted octanol–water partition coefficient (Wildman–Crippen LogP) is 2.90. The average Bonchev–Trinajstić information content (AvgIpc) is 2.42. The van der Waals surface area contributed by atoms with Crippen molar-refractivity contribution in [2.45, 2.75) is 53.5 Å². The average molecular weight is 210 g/mol. The first kappa shape index (κ1) is 12.1. The minimum absolute atomic E-state index is 0.370. The van der Waals surface area contributed by atoms with Crippen LogP contribution in [0.5, 0.6) is 5.88 Å². The van der Waals surface area contributed by atoms with Gasteiger partial charge in [0.15, 0.2) is 0 Å². The van der Waals surface area contributed by atoms with Crippen molar-refractivity contribution in [3.05, 3.63) is 11.3 Å². The Balaban J connectivity index is 2.83. The van der Waals surface area contributed by atoms with Crippen molar-refractivity contribution in [1.82, 2.24) is 9.78 Å². The van der Waals surface area contributed by atoms with Gasteiger partial charge in [-0.3, -0.25) is 0 Å². The summed E-state index contributed by atoms with van der Waals surface area (Å²) in [5, 5.41) is 14.4. The maximum atomic E-state index is 9.99.